The van der Waals surface area contributed by atoms with Gasteiger partial charge in [0.05, 0.1) is 28.7 Å². The first-order valence-corrected chi connectivity index (χ1v) is 16.8. The zero-order chi connectivity index (χ0) is 33.6. The third kappa shape index (κ3) is 7.18. The number of hydrogen-bond donors (Lipinski definition) is 2. The van der Waals surface area contributed by atoms with Gasteiger partial charge in [0.1, 0.15) is 5.82 Å². The maximum Gasteiger partial charge on any atom is 0.255 e. The minimum atomic E-state index is -0.219. The van der Waals surface area contributed by atoms with Crippen LogP contribution in [0.4, 0.5) is 11.8 Å². The summed E-state index contributed by atoms with van der Waals surface area (Å²) in [7, 11) is 3.98. The van der Waals surface area contributed by atoms with Crippen LogP contribution in [0, 0.1) is 0 Å². The zero-order valence-corrected chi connectivity index (χ0v) is 28.1. The summed E-state index contributed by atoms with van der Waals surface area (Å²) in [5.74, 6) is 1.11. The lowest BCUT2D eigenvalue weighted by Gasteiger charge is -2.36. The van der Waals surface area contributed by atoms with Gasteiger partial charge in [0, 0.05) is 31.6 Å². The van der Waals surface area contributed by atoms with Crippen molar-refractivity contribution in [3.8, 4) is 0 Å². The van der Waals surface area contributed by atoms with Gasteiger partial charge in [0.2, 0.25) is 5.95 Å². The SMILES string of the molecule is C[C@@H](c1ccccc1)N(C(=O)c1ccccc1C(=O)NC1CCC(Nc2nc(N(C)C)c3ccccc3n2)CC1)[C@@H](C)c1ccccc1. The van der Waals surface area contributed by atoms with Gasteiger partial charge in [-0.05, 0) is 74.9 Å². The van der Waals surface area contributed by atoms with Gasteiger partial charge in [-0.3, -0.25) is 9.59 Å². The van der Waals surface area contributed by atoms with Gasteiger partial charge in [-0.1, -0.05) is 84.9 Å². The Morgan fingerprint density at radius 2 is 1.19 bits per heavy atom. The van der Waals surface area contributed by atoms with Gasteiger partial charge < -0.3 is 20.4 Å². The van der Waals surface area contributed by atoms with Crippen LogP contribution < -0.4 is 15.5 Å². The van der Waals surface area contributed by atoms with E-state index < -0.39 is 0 Å². The molecule has 1 saturated carbocycles. The van der Waals surface area contributed by atoms with Gasteiger partial charge in [0.25, 0.3) is 11.8 Å². The first kappa shape index (κ1) is 32.7. The Bertz CT molecular complexity index is 1810. The first-order chi connectivity index (χ1) is 23.3. The summed E-state index contributed by atoms with van der Waals surface area (Å²) >= 11 is 0. The quantitative estimate of drug-likeness (QED) is 0.162. The van der Waals surface area contributed by atoms with Gasteiger partial charge in [-0.15, -0.1) is 0 Å². The summed E-state index contributed by atoms with van der Waals surface area (Å²) in [5, 5.41) is 7.81. The van der Waals surface area contributed by atoms with E-state index >= 15 is 0 Å². The minimum absolute atomic E-state index is 0.0103. The molecule has 1 aromatic heterocycles. The normalized spacial score (nSPS) is 17.2. The van der Waals surface area contributed by atoms with Crippen LogP contribution in [0.25, 0.3) is 10.9 Å². The smallest absolute Gasteiger partial charge is 0.255 e. The highest BCUT2D eigenvalue weighted by atomic mass is 16.2. The number of para-hydroxylation sites is 1. The fourth-order valence-electron chi connectivity index (χ4n) is 6.77. The number of aromatic nitrogens is 2. The third-order valence-electron chi connectivity index (χ3n) is 9.44. The van der Waals surface area contributed by atoms with Crippen LogP contribution >= 0.6 is 0 Å². The molecule has 8 heteroatoms. The number of hydrogen-bond acceptors (Lipinski definition) is 6. The van der Waals surface area contributed by atoms with Gasteiger partial charge in [-0.2, -0.15) is 4.98 Å². The van der Waals surface area contributed by atoms with Crippen LogP contribution in [0.3, 0.4) is 0 Å². The number of amides is 2. The lowest BCUT2D eigenvalue weighted by atomic mass is 9.90. The Morgan fingerprint density at radius 1 is 0.667 bits per heavy atom. The largest absolute Gasteiger partial charge is 0.362 e. The molecular weight excluding hydrogens is 596 g/mol. The first-order valence-electron chi connectivity index (χ1n) is 16.8. The van der Waals surface area contributed by atoms with Crippen LogP contribution in [0.1, 0.15) is 83.5 Å². The number of rotatable bonds is 10. The van der Waals surface area contributed by atoms with E-state index in [1.54, 1.807) is 12.1 Å². The molecule has 1 aliphatic carbocycles. The number of benzene rings is 4. The Morgan fingerprint density at radius 3 is 1.79 bits per heavy atom. The van der Waals surface area contributed by atoms with E-state index in [-0.39, 0.29) is 36.0 Å². The molecule has 0 aliphatic heterocycles. The number of carbonyl (C=O) groups is 2. The molecule has 1 heterocycles. The Kier molecular flexibility index (Phi) is 9.99. The Labute approximate surface area is 283 Å². The van der Waals surface area contributed by atoms with E-state index in [9.17, 15) is 9.59 Å². The van der Waals surface area contributed by atoms with Gasteiger partial charge in [0.15, 0.2) is 0 Å². The van der Waals surface area contributed by atoms with E-state index in [2.05, 4.69) is 10.6 Å². The molecule has 0 unspecified atom stereocenters. The number of anilines is 2. The summed E-state index contributed by atoms with van der Waals surface area (Å²) in [6.07, 6.45) is 3.37. The summed E-state index contributed by atoms with van der Waals surface area (Å²) < 4.78 is 0. The van der Waals surface area contributed by atoms with E-state index in [4.69, 9.17) is 9.97 Å². The van der Waals surface area contributed by atoms with Crippen LogP contribution in [-0.2, 0) is 0 Å². The molecule has 2 atom stereocenters. The highest BCUT2D eigenvalue weighted by Gasteiger charge is 2.32. The zero-order valence-electron chi connectivity index (χ0n) is 28.1. The second-order valence-electron chi connectivity index (χ2n) is 12.9. The lowest BCUT2D eigenvalue weighted by Crippen LogP contribution is -2.41. The Balaban J connectivity index is 1.15. The number of nitrogens with one attached hydrogen (secondary N) is 2. The fraction of sp³-hybridized carbons (Fsp3) is 0.300. The van der Waals surface area contributed by atoms with Crippen molar-refractivity contribution in [1.82, 2.24) is 20.2 Å². The fourth-order valence-corrected chi connectivity index (χ4v) is 6.77. The van der Waals surface area contributed by atoms with E-state index in [0.717, 1.165) is 53.5 Å². The molecule has 246 valence electrons. The molecule has 1 fully saturated rings. The second kappa shape index (κ2) is 14.7. The van der Waals surface area contributed by atoms with Crippen molar-refractivity contribution in [2.24, 2.45) is 0 Å². The van der Waals surface area contributed by atoms with Crippen molar-refractivity contribution in [2.45, 2.75) is 63.7 Å². The molecule has 2 amide bonds. The number of nitrogens with zero attached hydrogens (tertiary/aromatic N) is 4. The van der Waals surface area contributed by atoms with Gasteiger partial charge in [-0.25, -0.2) is 4.98 Å². The number of fused-ring (bicyclic) bond motifs is 1. The molecule has 0 radical (unpaired) electrons. The molecule has 2 N–H and O–H groups in total. The minimum Gasteiger partial charge on any atom is -0.362 e. The molecule has 8 nitrogen and oxygen atoms in total. The van der Waals surface area contributed by atoms with E-state index in [1.165, 1.54) is 0 Å². The average molecular weight is 641 g/mol. The molecule has 4 aromatic carbocycles. The van der Waals surface area contributed by atoms with Gasteiger partial charge >= 0.3 is 0 Å². The number of carbonyl (C=O) groups excluding carboxylic acids is 2. The highest BCUT2D eigenvalue weighted by Crippen LogP contribution is 2.33. The van der Waals surface area contributed by atoms with E-state index in [1.807, 2.05) is 135 Å². The van der Waals surface area contributed by atoms with Crippen molar-refractivity contribution in [2.75, 3.05) is 24.3 Å². The van der Waals surface area contributed by atoms with Crippen molar-refractivity contribution >= 4 is 34.5 Å². The van der Waals surface area contributed by atoms with Crippen molar-refractivity contribution < 1.29 is 9.59 Å². The van der Waals surface area contributed by atoms with Crippen LogP contribution in [0.5, 0.6) is 0 Å². The van der Waals surface area contributed by atoms with Crippen LogP contribution in [0.2, 0.25) is 0 Å². The Hall–Kier alpha value is -5.24. The predicted molar refractivity (Wildman–Crippen MR) is 193 cm³/mol. The molecule has 0 bridgehead atoms. The maximum atomic E-state index is 14.5. The lowest BCUT2D eigenvalue weighted by molar-refractivity contribution is 0.0599. The highest BCUT2D eigenvalue weighted by molar-refractivity contribution is 6.07. The molecule has 48 heavy (non-hydrogen) atoms. The summed E-state index contributed by atoms with van der Waals surface area (Å²) in [5.41, 5.74) is 3.78. The molecule has 0 spiro atoms. The summed E-state index contributed by atoms with van der Waals surface area (Å²) in [4.78, 5) is 41.8. The summed E-state index contributed by atoms with van der Waals surface area (Å²) in [6, 6.07) is 35.1. The third-order valence-corrected chi connectivity index (χ3v) is 9.44. The van der Waals surface area contributed by atoms with E-state index in [0.29, 0.717) is 17.1 Å². The van der Waals surface area contributed by atoms with Crippen molar-refractivity contribution in [3.05, 3.63) is 131 Å². The average Bonchev–Trinajstić information content (AvgIpc) is 3.12. The predicted octanol–water partition coefficient (Wildman–Crippen LogP) is 7.81. The second-order valence-corrected chi connectivity index (χ2v) is 12.9. The van der Waals surface area contributed by atoms with Crippen LogP contribution in [-0.4, -0.2) is 52.9 Å². The van der Waals surface area contributed by atoms with Crippen LogP contribution in [0.15, 0.2) is 109 Å². The molecule has 1 aliphatic rings. The summed E-state index contributed by atoms with van der Waals surface area (Å²) in [6.45, 7) is 4.10. The van der Waals surface area contributed by atoms with Crippen molar-refractivity contribution in [1.29, 1.82) is 0 Å². The molecule has 5 aromatic rings. The maximum absolute atomic E-state index is 14.5. The molecular formula is C40H44N6O2. The van der Waals surface area contributed by atoms with Crippen molar-refractivity contribution in [3.63, 3.8) is 0 Å². The molecule has 0 saturated heterocycles. The molecule has 6 rings (SSSR count). The topological polar surface area (TPSA) is 90.5 Å². The standard InChI is InChI=1S/C40H44N6O2/c1-27(29-15-7-5-8-16-29)46(28(2)30-17-9-6-10-18-30)39(48)34-20-12-11-19-33(34)38(47)41-31-23-25-32(26-24-31)42-40-43-36-22-14-13-21-35(36)37(44-40)45(3)4/h5-22,27-28,31-32H,23-26H2,1-4H3,(H,41,47)(H,42,43,44)/t27-,28-,31?,32?/m0/s1. The monoisotopic (exact) mass is 640 g/mol.